The van der Waals surface area contributed by atoms with Crippen molar-refractivity contribution in [1.29, 1.82) is 0 Å². The van der Waals surface area contributed by atoms with E-state index in [2.05, 4.69) is 5.92 Å². The number of rotatable bonds is 7. The predicted octanol–water partition coefficient (Wildman–Crippen LogP) is 3.28. The molecule has 1 fully saturated rings. The first-order chi connectivity index (χ1) is 11.8. The molecule has 5 nitrogen and oxygen atoms in total. The fraction of sp³-hybridized carbons (Fsp3) is 0.500. The molecule has 1 aliphatic rings. The number of hydrogen-bond donors (Lipinski definition) is 0. The van der Waals surface area contributed by atoms with Crippen molar-refractivity contribution < 1.29 is 23.5 Å². The van der Waals surface area contributed by atoms with Crippen molar-refractivity contribution >= 4 is 11.9 Å². The van der Waals surface area contributed by atoms with Gasteiger partial charge in [-0.2, -0.15) is 0 Å². The maximum Gasteiger partial charge on any atom is 0.330 e. The molecule has 1 aromatic rings. The Kier molecular flexibility index (Phi) is 5.73. The lowest BCUT2D eigenvalue weighted by Gasteiger charge is -2.03. The molecule has 5 heteroatoms. The normalized spacial score (nSPS) is 21.1. The van der Waals surface area contributed by atoms with E-state index in [1.807, 2.05) is 13.8 Å². The summed E-state index contributed by atoms with van der Waals surface area (Å²) in [6.07, 6.45) is 8.58. The van der Waals surface area contributed by atoms with Crippen LogP contribution in [0.1, 0.15) is 39.2 Å². The van der Waals surface area contributed by atoms with E-state index in [1.165, 1.54) is 6.08 Å². The second-order valence-corrected chi connectivity index (χ2v) is 7.03. The highest BCUT2D eigenvalue weighted by Gasteiger charge is 2.61. The summed E-state index contributed by atoms with van der Waals surface area (Å²) in [5.41, 5.74) is -0.247. The van der Waals surface area contributed by atoms with Gasteiger partial charge in [0, 0.05) is 6.08 Å². The van der Waals surface area contributed by atoms with E-state index < -0.39 is 5.97 Å². The fourth-order valence-electron chi connectivity index (χ4n) is 2.87. The number of furan rings is 1. The van der Waals surface area contributed by atoms with Gasteiger partial charge in [-0.3, -0.25) is 4.79 Å². The van der Waals surface area contributed by atoms with Crippen LogP contribution in [0.2, 0.25) is 0 Å². The standard InChI is InChI=1S/C20H24O5/c1-6-7-14-8-9-15(25-14)12-23-19(22)18-16(20(18,4)5)10-11-17(21)24-13(2)3/h1,8-11,13,16,18H,7,12H2,2-5H3/b11-10+. The summed E-state index contributed by atoms with van der Waals surface area (Å²) in [6, 6.07) is 3.52. The van der Waals surface area contributed by atoms with Gasteiger partial charge >= 0.3 is 11.9 Å². The molecule has 0 N–H and O–H groups in total. The lowest BCUT2D eigenvalue weighted by atomic mass is 10.1. The first-order valence-corrected chi connectivity index (χ1v) is 8.32. The van der Waals surface area contributed by atoms with E-state index in [0.717, 1.165) is 0 Å². The van der Waals surface area contributed by atoms with Gasteiger partial charge in [0.2, 0.25) is 0 Å². The molecule has 0 aliphatic heterocycles. The summed E-state index contributed by atoms with van der Waals surface area (Å²) in [4.78, 5) is 23.9. The molecular formula is C20H24O5. The zero-order valence-electron chi connectivity index (χ0n) is 15.1. The zero-order chi connectivity index (χ0) is 18.6. The second-order valence-electron chi connectivity index (χ2n) is 7.03. The molecule has 2 unspecified atom stereocenters. The van der Waals surface area contributed by atoms with Crippen LogP contribution in [-0.2, 0) is 32.1 Å². The number of allylic oxidation sites excluding steroid dienone is 1. The van der Waals surface area contributed by atoms with Gasteiger partial charge in [0.1, 0.15) is 18.1 Å². The van der Waals surface area contributed by atoms with Gasteiger partial charge in [-0.25, -0.2) is 4.79 Å². The molecule has 0 bridgehead atoms. The maximum atomic E-state index is 12.3. The van der Waals surface area contributed by atoms with Crippen LogP contribution in [0.15, 0.2) is 28.7 Å². The summed E-state index contributed by atoms with van der Waals surface area (Å²) >= 11 is 0. The van der Waals surface area contributed by atoms with Crippen molar-refractivity contribution in [3.63, 3.8) is 0 Å². The largest absolute Gasteiger partial charge is 0.461 e. The highest BCUT2D eigenvalue weighted by atomic mass is 16.5. The van der Waals surface area contributed by atoms with E-state index in [-0.39, 0.29) is 35.9 Å². The Morgan fingerprint density at radius 1 is 1.36 bits per heavy atom. The average Bonchev–Trinajstić information content (AvgIpc) is 2.85. The summed E-state index contributed by atoms with van der Waals surface area (Å²) in [5.74, 6) is 2.70. The Labute approximate surface area is 148 Å². The van der Waals surface area contributed by atoms with Crippen molar-refractivity contribution in [2.24, 2.45) is 17.3 Å². The summed E-state index contributed by atoms with van der Waals surface area (Å²) in [6.45, 7) is 7.59. The van der Waals surface area contributed by atoms with E-state index in [0.29, 0.717) is 17.9 Å². The molecule has 0 aromatic carbocycles. The molecule has 1 heterocycles. The molecule has 1 saturated carbocycles. The number of carbonyl (C=O) groups excluding carboxylic acids is 2. The van der Waals surface area contributed by atoms with Crippen LogP contribution in [0.3, 0.4) is 0 Å². The van der Waals surface area contributed by atoms with Crippen molar-refractivity contribution in [2.75, 3.05) is 0 Å². The minimum Gasteiger partial charge on any atom is -0.461 e. The Morgan fingerprint density at radius 2 is 2.04 bits per heavy atom. The lowest BCUT2D eigenvalue weighted by Crippen LogP contribution is -2.10. The van der Waals surface area contributed by atoms with Gasteiger partial charge in [-0.15, -0.1) is 6.42 Å². The van der Waals surface area contributed by atoms with Gasteiger partial charge in [0.15, 0.2) is 0 Å². The number of carbonyl (C=O) groups is 2. The van der Waals surface area contributed by atoms with Gasteiger partial charge < -0.3 is 13.9 Å². The number of terminal acetylenes is 1. The van der Waals surface area contributed by atoms with Crippen molar-refractivity contribution in [3.05, 3.63) is 35.8 Å². The van der Waals surface area contributed by atoms with Crippen molar-refractivity contribution in [3.8, 4) is 12.3 Å². The third-order valence-corrected chi connectivity index (χ3v) is 4.31. The second kappa shape index (κ2) is 7.60. The van der Waals surface area contributed by atoms with Crippen molar-refractivity contribution in [1.82, 2.24) is 0 Å². The SMILES string of the molecule is C#CCc1ccc(COC(=O)C2C(/C=C/C(=O)OC(C)C)C2(C)C)o1. The summed E-state index contributed by atoms with van der Waals surface area (Å²) in [5, 5.41) is 0. The molecule has 0 radical (unpaired) electrons. The topological polar surface area (TPSA) is 65.7 Å². The van der Waals surface area contributed by atoms with Gasteiger partial charge in [-0.1, -0.05) is 25.8 Å². The average molecular weight is 344 g/mol. The number of esters is 2. The van der Waals surface area contributed by atoms with E-state index in [9.17, 15) is 9.59 Å². The minimum atomic E-state index is -0.401. The van der Waals surface area contributed by atoms with Crippen LogP contribution in [-0.4, -0.2) is 18.0 Å². The molecule has 1 aromatic heterocycles. The van der Waals surface area contributed by atoms with Crippen molar-refractivity contribution in [2.45, 2.75) is 46.8 Å². The zero-order valence-corrected chi connectivity index (χ0v) is 15.1. The molecule has 0 saturated heterocycles. The van der Waals surface area contributed by atoms with Crippen LogP contribution >= 0.6 is 0 Å². The van der Waals surface area contributed by atoms with Gasteiger partial charge in [-0.05, 0) is 37.3 Å². The number of ether oxygens (including phenoxy) is 2. The quantitative estimate of drug-likeness (QED) is 0.431. The number of hydrogen-bond acceptors (Lipinski definition) is 5. The summed E-state index contributed by atoms with van der Waals surface area (Å²) in [7, 11) is 0. The Hall–Kier alpha value is -2.48. The maximum absolute atomic E-state index is 12.3. The monoisotopic (exact) mass is 344 g/mol. The highest BCUT2D eigenvalue weighted by molar-refractivity contribution is 5.83. The molecule has 2 atom stereocenters. The summed E-state index contributed by atoms with van der Waals surface area (Å²) < 4.78 is 15.9. The van der Waals surface area contributed by atoms with Gasteiger partial charge in [0.25, 0.3) is 0 Å². The minimum absolute atomic E-state index is 0.0479. The Morgan fingerprint density at radius 3 is 2.68 bits per heavy atom. The van der Waals surface area contributed by atoms with Crippen LogP contribution in [0.5, 0.6) is 0 Å². The smallest absolute Gasteiger partial charge is 0.330 e. The third kappa shape index (κ3) is 4.76. The molecule has 0 spiro atoms. The lowest BCUT2D eigenvalue weighted by molar-refractivity contribution is -0.148. The highest BCUT2D eigenvalue weighted by Crippen LogP contribution is 2.59. The van der Waals surface area contributed by atoms with E-state index in [4.69, 9.17) is 20.3 Å². The predicted molar refractivity (Wildman–Crippen MR) is 92.2 cm³/mol. The van der Waals surface area contributed by atoms with Crippen LogP contribution in [0.25, 0.3) is 0 Å². The van der Waals surface area contributed by atoms with Gasteiger partial charge in [0.05, 0.1) is 18.4 Å². The Bertz CT molecular complexity index is 702. The molecule has 0 amide bonds. The Balaban J connectivity index is 1.87. The molecule has 1 aliphatic carbocycles. The van der Waals surface area contributed by atoms with Crippen LogP contribution in [0.4, 0.5) is 0 Å². The van der Waals surface area contributed by atoms with E-state index in [1.54, 1.807) is 32.1 Å². The molecule has 2 rings (SSSR count). The van der Waals surface area contributed by atoms with E-state index >= 15 is 0 Å². The third-order valence-electron chi connectivity index (χ3n) is 4.31. The first-order valence-electron chi connectivity index (χ1n) is 8.32. The first kappa shape index (κ1) is 18.9. The van der Waals surface area contributed by atoms with Crippen LogP contribution in [0, 0.1) is 29.6 Å². The molecular weight excluding hydrogens is 320 g/mol. The fourth-order valence-corrected chi connectivity index (χ4v) is 2.87. The molecule has 134 valence electrons. The van der Waals surface area contributed by atoms with Crippen LogP contribution < -0.4 is 0 Å². The molecule has 25 heavy (non-hydrogen) atoms.